The fraction of sp³-hybridized carbons (Fsp3) is 0.350. The lowest BCUT2D eigenvalue weighted by molar-refractivity contribution is -0.129. The molecule has 1 atom stereocenters. The van der Waals surface area contributed by atoms with Crippen molar-refractivity contribution in [1.82, 2.24) is 19.7 Å². The third-order valence-electron chi connectivity index (χ3n) is 5.00. The molecule has 4 rings (SSSR count). The van der Waals surface area contributed by atoms with Crippen molar-refractivity contribution in [3.8, 4) is 0 Å². The van der Waals surface area contributed by atoms with Crippen molar-refractivity contribution in [3.05, 3.63) is 59.9 Å². The smallest absolute Gasteiger partial charge is 0.227 e. The second kappa shape index (κ2) is 7.25. The first-order valence-corrected chi connectivity index (χ1v) is 9.09. The van der Waals surface area contributed by atoms with Gasteiger partial charge in [0.05, 0.1) is 18.7 Å². The fourth-order valence-electron chi connectivity index (χ4n) is 3.71. The Hall–Kier alpha value is -2.73. The Labute approximate surface area is 152 Å². The van der Waals surface area contributed by atoms with Crippen LogP contribution in [0, 0.1) is 0 Å². The molecule has 0 radical (unpaired) electrons. The molecule has 0 bridgehead atoms. The Kier molecular flexibility index (Phi) is 4.67. The van der Waals surface area contributed by atoms with Crippen LogP contribution in [0.1, 0.15) is 23.6 Å². The lowest BCUT2D eigenvalue weighted by Crippen LogP contribution is -2.29. The summed E-state index contributed by atoms with van der Waals surface area (Å²) in [6.07, 6.45) is 3.17. The van der Waals surface area contributed by atoms with Crippen molar-refractivity contribution in [2.24, 2.45) is 5.73 Å². The van der Waals surface area contributed by atoms with Crippen molar-refractivity contribution >= 4 is 16.9 Å². The Morgan fingerprint density at radius 3 is 2.85 bits per heavy atom. The molecule has 1 amide bonds. The van der Waals surface area contributed by atoms with Crippen LogP contribution in [0.25, 0.3) is 11.0 Å². The Balaban J connectivity index is 1.52. The van der Waals surface area contributed by atoms with E-state index in [4.69, 9.17) is 10.8 Å². The molecule has 6 heteroatoms. The summed E-state index contributed by atoms with van der Waals surface area (Å²) in [5, 5.41) is 5.85. The van der Waals surface area contributed by atoms with Gasteiger partial charge in [-0.3, -0.25) is 4.79 Å². The van der Waals surface area contributed by atoms with Gasteiger partial charge in [0.2, 0.25) is 5.91 Å². The van der Waals surface area contributed by atoms with Gasteiger partial charge in [-0.15, -0.1) is 0 Å². The number of pyridine rings is 1. The number of likely N-dealkylation sites (tertiary alicyclic amines) is 1. The third-order valence-corrected chi connectivity index (χ3v) is 5.00. The normalized spacial score (nSPS) is 17.1. The molecule has 134 valence electrons. The van der Waals surface area contributed by atoms with Gasteiger partial charge in [0, 0.05) is 37.1 Å². The number of hydrogen-bond donors (Lipinski definition) is 1. The highest BCUT2D eigenvalue weighted by Gasteiger charge is 2.30. The van der Waals surface area contributed by atoms with E-state index in [1.54, 1.807) is 6.20 Å². The first-order chi connectivity index (χ1) is 12.8. The van der Waals surface area contributed by atoms with Crippen LogP contribution in [0.2, 0.25) is 0 Å². The maximum Gasteiger partial charge on any atom is 0.227 e. The molecular weight excluding hydrogens is 326 g/mol. The van der Waals surface area contributed by atoms with Crippen molar-refractivity contribution in [2.45, 2.75) is 25.3 Å². The second-order valence-corrected chi connectivity index (χ2v) is 6.76. The number of nitrogens with two attached hydrogens (primary N) is 1. The van der Waals surface area contributed by atoms with Gasteiger partial charge in [0.25, 0.3) is 0 Å². The topological polar surface area (TPSA) is 77.0 Å². The molecule has 3 heterocycles. The Morgan fingerprint density at radius 2 is 2.04 bits per heavy atom. The molecule has 3 aromatic rings. The summed E-state index contributed by atoms with van der Waals surface area (Å²) in [5.41, 5.74) is 8.68. The lowest BCUT2D eigenvalue weighted by Gasteiger charge is -2.16. The highest BCUT2D eigenvalue weighted by molar-refractivity contribution is 5.81. The summed E-state index contributed by atoms with van der Waals surface area (Å²) in [6, 6.07) is 13.9. The van der Waals surface area contributed by atoms with Crippen LogP contribution in [0.15, 0.2) is 48.7 Å². The number of aromatic nitrogens is 3. The SMILES string of the molecule is NCCn1nc([C@H]2CCN(C(=O)Cc3ccccc3)C2)c2cccnc21. The molecule has 0 spiro atoms. The standard InChI is InChI=1S/C20H23N5O/c21-9-12-25-20-17(7-4-10-22-20)19(23-25)16-8-11-24(14-16)18(26)13-15-5-2-1-3-6-15/h1-7,10,16H,8-9,11-14,21H2/t16-/m0/s1. The van der Waals surface area contributed by atoms with E-state index in [2.05, 4.69) is 11.1 Å². The molecule has 1 saturated heterocycles. The Bertz CT molecular complexity index is 905. The predicted molar refractivity (Wildman–Crippen MR) is 101 cm³/mol. The van der Waals surface area contributed by atoms with Gasteiger partial charge in [-0.05, 0) is 24.1 Å². The first-order valence-electron chi connectivity index (χ1n) is 9.09. The molecule has 2 aromatic heterocycles. The molecule has 1 aliphatic heterocycles. The van der Waals surface area contributed by atoms with E-state index in [1.807, 2.05) is 46.0 Å². The van der Waals surface area contributed by atoms with Gasteiger partial charge in [-0.1, -0.05) is 30.3 Å². The van der Waals surface area contributed by atoms with Crippen LogP contribution in [0.3, 0.4) is 0 Å². The number of nitrogens with zero attached hydrogens (tertiary/aromatic N) is 4. The average Bonchev–Trinajstić information content (AvgIpc) is 3.28. The van der Waals surface area contributed by atoms with Crippen LogP contribution in [0.4, 0.5) is 0 Å². The van der Waals surface area contributed by atoms with Gasteiger partial charge in [-0.25, -0.2) is 9.67 Å². The van der Waals surface area contributed by atoms with Gasteiger partial charge < -0.3 is 10.6 Å². The quantitative estimate of drug-likeness (QED) is 0.764. The maximum absolute atomic E-state index is 12.6. The minimum absolute atomic E-state index is 0.183. The third kappa shape index (κ3) is 3.20. The summed E-state index contributed by atoms with van der Waals surface area (Å²) >= 11 is 0. The molecule has 1 aliphatic rings. The van der Waals surface area contributed by atoms with E-state index in [1.165, 1.54) is 0 Å². The predicted octanol–water partition coefficient (Wildman–Crippen LogP) is 1.95. The summed E-state index contributed by atoms with van der Waals surface area (Å²) in [5.74, 6) is 0.433. The zero-order chi connectivity index (χ0) is 17.9. The fourth-order valence-corrected chi connectivity index (χ4v) is 3.71. The van der Waals surface area contributed by atoms with Crippen molar-refractivity contribution in [2.75, 3.05) is 19.6 Å². The second-order valence-electron chi connectivity index (χ2n) is 6.76. The van der Waals surface area contributed by atoms with E-state index >= 15 is 0 Å². The van der Waals surface area contributed by atoms with E-state index in [9.17, 15) is 4.79 Å². The number of amides is 1. The molecule has 2 N–H and O–H groups in total. The average molecular weight is 349 g/mol. The largest absolute Gasteiger partial charge is 0.342 e. The van der Waals surface area contributed by atoms with Crippen LogP contribution >= 0.6 is 0 Å². The van der Waals surface area contributed by atoms with Crippen LogP contribution < -0.4 is 5.73 Å². The van der Waals surface area contributed by atoms with Gasteiger partial charge >= 0.3 is 0 Å². The molecule has 1 fully saturated rings. The van der Waals surface area contributed by atoms with Crippen LogP contribution in [0.5, 0.6) is 0 Å². The number of rotatable bonds is 5. The molecule has 6 nitrogen and oxygen atoms in total. The number of hydrogen-bond acceptors (Lipinski definition) is 4. The van der Waals surface area contributed by atoms with Gasteiger partial charge in [-0.2, -0.15) is 5.10 Å². The maximum atomic E-state index is 12.6. The monoisotopic (exact) mass is 349 g/mol. The summed E-state index contributed by atoms with van der Waals surface area (Å²) < 4.78 is 1.89. The zero-order valence-corrected chi connectivity index (χ0v) is 14.7. The Morgan fingerprint density at radius 1 is 1.19 bits per heavy atom. The number of carbonyl (C=O) groups excluding carboxylic acids is 1. The van der Waals surface area contributed by atoms with E-state index in [0.717, 1.165) is 41.8 Å². The van der Waals surface area contributed by atoms with Crippen molar-refractivity contribution in [1.29, 1.82) is 0 Å². The van der Waals surface area contributed by atoms with Gasteiger partial charge in [0.15, 0.2) is 5.65 Å². The summed E-state index contributed by atoms with van der Waals surface area (Å²) in [7, 11) is 0. The minimum atomic E-state index is 0.183. The van der Waals surface area contributed by atoms with Crippen molar-refractivity contribution < 1.29 is 4.79 Å². The molecular formula is C20H23N5O. The van der Waals surface area contributed by atoms with Crippen LogP contribution in [-0.2, 0) is 17.8 Å². The highest BCUT2D eigenvalue weighted by Crippen LogP contribution is 2.31. The number of carbonyl (C=O) groups is 1. The molecule has 26 heavy (non-hydrogen) atoms. The number of benzene rings is 1. The van der Waals surface area contributed by atoms with E-state index < -0.39 is 0 Å². The molecule has 1 aromatic carbocycles. The first kappa shape index (κ1) is 16.7. The summed E-state index contributed by atoms with van der Waals surface area (Å²) in [4.78, 5) is 19.1. The lowest BCUT2D eigenvalue weighted by atomic mass is 10.0. The molecule has 0 aliphatic carbocycles. The molecule has 0 unspecified atom stereocenters. The van der Waals surface area contributed by atoms with E-state index in [0.29, 0.717) is 19.5 Å². The van der Waals surface area contributed by atoms with Gasteiger partial charge in [0.1, 0.15) is 0 Å². The van der Waals surface area contributed by atoms with Crippen molar-refractivity contribution in [3.63, 3.8) is 0 Å². The van der Waals surface area contributed by atoms with Crippen LogP contribution in [-0.4, -0.2) is 45.2 Å². The minimum Gasteiger partial charge on any atom is -0.342 e. The molecule has 0 saturated carbocycles. The zero-order valence-electron chi connectivity index (χ0n) is 14.7. The van der Waals surface area contributed by atoms with E-state index in [-0.39, 0.29) is 11.8 Å². The highest BCUT2D eigenvalue weighted by atomic mass is 16.2. The number of fused-ring (bicyclic) bond motifs is 1. The summed E-state index contributed by atoms with van der Waals surface area (Å²) in [6.45, 7) is 2.67.